The Morgan fingerprint density at radius 1 is 1.22 bits per heavy atom. The Labute approximate surface area is 136 Å². The standard InChI is InChI=1S/C19H22O4/c1-10-8-11-12(20)9-13-18(2,3)14(21)6-7-19(13,4)15(11)17(23-5)16(10)22/h8-9,22H,6-7H2,1-5H3/t19-/m0/s1. The first-order valence-electron chi connectivity index (χ1n) is 7.86. The normalized spacial score (nSPS) is 25.5. The highest BCUT2D eigenvalue weighted by atomic mass is 16.5. The topological polar surface area (TPSA) is 63.6 Å². The van der Waals surface area contributed by atoms with Crippen LogP contribution in [0.2, 0.25) is 0 Å². The van der Waals surface area contributed by atoms with E-state index in [1.165, 1.54) is 7.11 Å². The van der Waals surface area contributed by atoms with Crippen LogP contribution in [0.25, 0.3) is 0 Å². The smallest absolute Gasteiger partial charge is 0.186 e. The van der Waals surface area contributed by atoms with Crippen molar-refractivity contribution in [3.63, 3.8) is 0 Å². The summed E-state index contributed by atoms with van der Waals surface area (Å²) in [7, 11) is 1.50. The van der Waals surface area contributed by atoms with Gasteiger partial charge < -0.3 is 9.84 Å². The second kappa shape index (κ2) is 4.70. The summed E-state index contributed by atoms with van der Waals surface area (Å²) < 4.78 is 5.47. The van der Waals surface area contributed by atoms with Crippen LogP contribution in [0.4, 0.5) is 0 Å². The number of phenols is 1. The van der Waals surface area contributed by atoms with Gasteiger partial charge in [0.15, 0.2) is 17.3 Å². The number of aromatic hydroxyl groups is 1. The number of aryl methyl sites for hydroxylation is 1. The number of carbonyl (C=O) groups excluding carboxylic acids is 2. The second-order valence-electron chi connectivity index (χ2n) is 7.30. The maximum atomic E-state index is 12.7. The van der Waals surface area contributed by atoms with Crippen molar-refractivity contribution in [1.82, 2.24) is 0 Å². The van der Waals surface area contributed by atoms with Gasteiger partial charge in [-0.2, -0.15) is 0 Å². The summed E-state index contributed by atoms with van der Waals surface area (Å²) in [5.41, 5.74) is 1.53. The van der Waals surface area contributed by atoms with Crippen LogP contribution in [0, 0.1) is 12.3 Å². The van der Waals surface area contributed by atoms with Gasteiger partial charge in [-0.05, 0) is 50.5 Å². The lowest BCUT2D eigenvalue weighted by atomic mass is 9.54. The van der Waals surface area contributed by atoms with Crippen LogP contribution in [0.1, 0.15) is 55.1 Å². The van der Waals surface area contributed by atoms with Gasteiger partial charge in [0.2, 0.25) is 0 Å². The van der Waals surface area contributed by atoms with Gasteiger partial charge in [0.25, 0.3) is 0 Å². The molecule has 1 N–H and O–H groups in total. The van der Waals surface area contributed by atoms with E-state index in [0.29, 0.717) is 35.3 Å². The first kappa shape index (κ1) is 15.8. The maximum absolute atomic E-state index is 12.7. The van der Waals surface area contributed by atoms with Crippen molar-refractivity contribution in [3.05, 3.63) is 34.4 Å². The van der Waals surface area contributed by atoms with E-state index in [-0.39, 0.29) is 17.3 Å². The molecule has 1 aromatic carbocycles. The van der Waals surface area contributed by atoms with Crippen LogP contribution >= 0.6 is 0 Å². The van der Waals surface area contributed by atoms with Gasteiger partial charge >= 0.3 is 0 Å². The van der Waals surface area contributed by atoms with Crippen LogP contribution in [0.3, 0.4) is 0 Å². The van der Waals surface area contributed by atoms with Crippen molar-refractivity contribution in [2.24, 2.45) is 5.41 Å². The average Bonchev–Trinajstić information content (AvgIpc) is 2.49. The number of Topliss-reactive ketones (excluding diaryl/α,β-unsaturated/α-hetero) is 1. The third kappa shape index (κ3) is 1.90. The zero-order valence-corrected chi connectivity index (χ0v) is 14.2. The van der Waals surface area contributed by atoms with Gasteiger partial charge in [-0.15, -0.1) is 0 Å². The number of allylic oxidation sites excluding steroid dienone is 2. The van der Waals surface area contributed by atoms with Crippen LogP contribution in [-0.2, 0) is 10.2 Å². The van der Waals surface area contributed by atoms with Crippen LogP contribution in [0.15, 0.2) is 17.7 Å². The molecule has 2 aliphatic rings. The Bertz CT molecular complexity index is 770. The fourth-order valence-corrected chi connectivity index (χ4v) is 4.18. The number of phenolic OH excluding ortho intramolecular Hbond substituents is 1. The van der Waals surface area contributed by atoms with E-state index in [0.717, 1.165) is 5.57 Å². The highest BCUT2D eigenvalue weighted by Crippen LogP contribution is 2.57. The molecule has 0 heterocycles. The molecule has 0 aromatic heterocycles. The van der Waals surface area contributed by atoms with E-state index in [1.54, 1.807) is 19.1 Å². The Morgan fingerprint density at radius 3 is 2.48 bits per heavy atom. The molecule has 0 bridgehead atoms. The van der Waals surface area contributed by atoms with Gasteiger partial charge in [0.05, 0.1) is 7.11 Å². The Balaban J connectivity index is 2.38. The molecule has 0 saturated heterocycles. The van der Waals surface area contributed by atoms with Gasteiger partial charge in [0, 0.05) is 28.4 Å². The molecule has 1 atom stereocenters. The van der Waals surface area contributed by atoms with Crippen LogP contribution < -0.4 is 4.74 Å². The summed E-state index contributed by atoms with van der Waals surface area (Å²) in [6.07, 6.45) is 2.68. The molecule has 122 valence electrons. The maximum Gasteiger partial charge on any atom is 0.186 e. The minimum absolute atomic E-state index is 0.0660. The summed E-state index contributed by atoms with van der Waals surface area (Å²) in [5.74, 6) is 0.437. The van der Waals surface area contributed by atoms with Crippen molar-refractivity contribution < 1.29 is 19.4 Å². The number of ketones is 2. The summed E-state index contributed by atoms with van der Waals surface area (Å²) in [4.78, 5) is 25.1. The lowest BCUT2D eigenvalue weighted by molar-refractivity contribution is -0.127. The van der Waals surface area contributed by atoms with Crippen LogP contribution in [0.5, 0.6) is 11.5 Å². The predicted octanol–water partition coefficient (Wildman–Crippen LogP) is 3.48. The van der Waals surface area contributed by atoms with Crippen molar-refractivity contribution in [1.29, 1.82) is 0 Å². The molecule has 1 fully saturated rings. The molecule has 23 heavy (non-hydrogen) atoms. The second-order valence-corrected chi connectivity index (χ2v) is 7.30. The quantitative estimate of drug-likeness (QED) is 0.862. The minimum atomic E-state index is -0.689. The van der Waals surface area contributed by atoms with E-state index in [1.807, 2.05) is 20.8 Å². The van der Waals surface area contributed by atoms with E-state index in [4.69, 9.17) is 4.74 Å². The average molecular weight is 314 g/mol. The number of rotatable bonds is 1. The highest BCUT2D eigenvalue weighted by molar-refractivity contribution is 6.10. The molecule has 0 spiro atoms. The molecule has 0 radical (unpaired) electrons. The highest BCUT2D eigenvalue weighted by Gasteiger charge is 2.52. The van der Waals surface area contributed by atoms with Gasteiger partial charge in [-0.1, -0.05) is 6.92 Å². The molecule has 0 aliphatic heterocycles. The van der Waals surface area contributed by atoms with Gasteiger partial charge in [-0.3, -0.25) is 9.59 Å². The molecule has 3 rings (SSSR count). The summed E-state index contributed by atoms with van der Waals surface area (Å²) in [5, 5.41) is 10.4. The molecular formula is C19H22O4. The summed E-state index contributed by atoms with van der Waals surface area (Å²) in [6.45, 7) is 7.53. The molecule has 2 aliphatic carbocycles. The Morgan fingerprint density at radius 2 is 1.87 bits per heavy atom. The first-order chi connectivity index (χ1) is 10.6. The summed E-state index contributed by atoms with van der Waals surface area (Å²) in [6, 6.07) is 1.72. The fraction of sp³-hybridized carbons (Fsp3) is 0.474. The number of ether oxygens (including phenoxy) is 1. The molecule has 0 unspecified atom stereocenters. The predicted molar refractivity (Wildman–Crippen MR) is 87.2 cm³/mol. The molecule has 4 heteroatoms. The van der Waals surface area contributed by atoms with Crippen molar-refractivity contribution >= 4 is 11.6 Å². The number of methoxy groups -OCH3 is 1. The zero-order chi connectivity index (χ0) is 17.2. The van der Waals surface area contributed by atoms with E-state index < -0.39 is 10.8 Å². The minimum Gasteiger partial charge on any atom is -0.504 e. The monoisotopic (exact) mass is 314 g/mol. The van der Waals surface area contributed by atoms with E-state index >= 15 is 0 Å². The van der Waals surface area contributed by atoms with E-state index in [9.17, 15) is 14.7 Å². The fourth-order valence-electron chi connectivity index (χ4n) is 4.18. The van der Waals surface area contributed by atoms with Gasteiger partial charge in [-0.25, -0.2) is 0 Å². The molecule has 1 saturated carbocycles. The largest absolute Gasteiger partial charge is 0.504 e. The third-order valence-corrected chi connectivity index (χ3v) is 5.56. The lowest BCUT2D eigenvalue weighted by Crippen LogP contribution is -2.46. The number of hydrogen-bond donors (Lipinski definition) is 1. The first-order valence-corrected chi connectivity index (χ1v) is 7.86. The molecule has 1 aromatic rings. The summed E-state index contributed by atoms with van der Waals surface area (Å²) >= 11 is 0. The number of benzene rings is 1. The Kier molecular flexibility index (Phi) is 3.22. The lowest BCUT2D eigenvalue weighted by Gasteiger charge is -2.48. The molecule has 4 nitrogen and oxygen atoms in total. The third-order valence-electron chi connectivity index (χ3n) is 5.56. The molecular weight excluding hydrogens is 292 g/mol. The number of carbonyl (C=O) groups is 2. The van der Waals surface area contributed by atoms with Crippen LogP contribution in [-0.4, -0.2) is 23.8 Å². The Hall–Kier alpha value is -2.10. The van der Waals surface area contributed by atoms with Crippen molar-refractivity contribution in [3.8, 4) is 11.5 Å². The SMILES string of the molecule is COc1c(O)c(C)cc2c1[C@@]1(C)CCC(=O)C(C)(C)C1=CC2=O. The number of hydrogen-bond acceptors (Lipinski definition) is 4. The van der Waals surface area contributed by atoms with Crippen molar-refractivity contribution in [2.45, 2.75) is 46.0 Å². The molecule has 0 amide bonds. The van der Waals surface area contributed by atoms with E-state index in [2.05, 4.69) is 0 Å². The zero-order valence-electron chi connectivity index (χ0n) is 14.2. The van der Waals surface area contributed by atoms with Crippen molar-refractivity contribution in [2.75, 3.05) is 7.11 Å². The van der Waals surface area contributed by atoms with Gasteiger partial charge in [0.1, 0.15) is 5.78 Å². The number of fused-ring (bicyclic) bond motifs is 3.